The maximum absolute atomic E-state index is 12.6. The van der Waals surface area contributed by atoms with Gasteiger partial charge in [0.1, 0.15) is 11.6 Å². The van der Waals surface area contributed by atoms with Crippen molar-refractivity contribution in [3.63, 3.8) is 0 Å². The van der Waals surface area contributed by atoms with Crippen LogP contribution >= 0.6 is 11.6 Å². The number of anilines is 1. The van der Waals surface area contributed by atoms with Crippen molar-refractivity contribution in [3.8, 4) is 11.9 Å². The maximum Gasteiger partial charge on any atom is 0.417 e. The quantitative estimate of drug-likeness (QED) is 0.918. The van der Waals surface area contributed by atoms with Crippen LogP contribution in [0.2, 0.25) is 5.02 Å². The van der Waals surface area contributed by atoms with Gasteiger partial charge in [0, 0.05) is 13.1 Å². The van der Waals surface area contributed by atoms with E-state index in [0.29, 0.717) is 12.3 Å². The molecule has 0 atom stereocenters. The predicted molar refractivity (Wildman–Crippen MR) is 70.4 cm³/mol. The van der Waals surface area contributed by atoms with Gasteiger partial charge in [0.15, 0.2) is 11.6 Å². The van der Waals surface area contributed by atoms with Crippen LogP contribution in [0.5, 0.6) is 0 Å². The van der Waals surface area contributed by atoms with Crippen molar-refractivity contribution in [2.24, 2.45) is 0 Å². The van der Waals surface area contributed by atoms with E-state index in [4.69, 9.17) is 16.9 Å². The lowest BCUT2D eigenvalue weighted by atomic mass is 10.2. The van der Waals surface area contributed by atoms with Gasteiger partial charge in [-0.3, -0.25) is 4.79 Å². The smallest absolute Gasteiger partial charge is 0.310 e. The highest BCUT2D eigenvalue weighted by molar-refractivity contribution is 6.32. The minimum atomic E-state index is -4.59. The first-order chi connectivity index (χ1) is 10.2. The van der Waals surface area contributed by atoms with Gasteiger partial charge in [-0.25, -0.2) is 4.98 Å². The van der Waals surface area contributed by atoms with Crippen molar-refractivity contribution < 1.29 is 18.0 Å². The fourth-order valence-electron chi connectivity index (χ4n) is 1.62. The van der Waals surface area contributed by atoms with Crippen molar-refractivity contribution >= 4 is 23.3 Å². The number of hydrogen-bond donors (Lipinski definition) is 1. The zero-order chi connectivity index (χ0) is 16.5. The molecule has 0 aliphatic rings. The highest BCUT2D eigenvalue weighted by atomic mass is 35.5. The van der Waals surface area contributed by atoms with E-state index in [9.17, 15) is 18.0 Å². The number of aromatic nitrogens is 3. The summed E-state index contributed by atoms with van der Waals surface area (Å²) in [5.74, 6) is -0.648. The minimum Gasteiger partial charge on any atom is -0.310 e. The molecule has 10 heteroatoms. The highest BCUT2D eigenvalue weighted by Gasteiger charge is 2.32. The molecule has 0 saturated heterocycles. The zero-order valence-corrected chi connectivity index (χ0v) is 11.7. The fraction of sp³-hybridized carbons (Fsp3) is 0.167. The molecular weight excluding hydrogens is 323 g/mol. The monoisotopic (exact) mass is 329 g/mol. The average molecular weight is 330 g/mol. The van der Waals surface area contributed by atoms with Gasteiger partial charge >= 0.3 is 6.18 Å². The van der Waals surface area contributed by atoms with Crippen LogP contribution in [-0.4, -0.2) is 20.7 Å². The molecule has 1 N–H and O–H groups in total. The van der Waals surface area contributed by atoms with Gasteiger partial charge in [-0.2, -0.15) is 28.2 Å². The van der Waals surface area contributed by atoms with Gasteiger partial charge < -0.3 is 5.32 Å². The summed E-state index contributed by atoms with van der Waals surface area (Å²) in [5.41, 5.74) is -0.997. The van der Waals surface area contributed by atoms with Gasteiger partial charge in [0.2, 0.25) is 5.91 Å². The largest absolute Gasteiger partial charge is 0.417 e. The van der Waals surface area contributed by atoms with Crippen molar-refractivity contribution in [2.75, 3.05) is 5.32 Å². The number of nitrogens with zero attached hydrogens (tertiary/aromatic N) is 4. The summed E-state index contributed by atoms with van der Waals surface area (Å²) in [5, 5.41) is 14.8. The van der Waals surface area contributed by atoms with Gasteiger partial charge in [0.05, 0.1) is 16.8 Å². The van der Waals surface area contributed by atoms with Gasteiger partial charge in [-0.05, 0) is 6.07 Å². The van der Waals surface area contributed by atoms with E-state index in [0.717, 1.165) is 10.9 Å². The Kier molecular flexibility index (Phi) is 4.05. The third kappa shape index (κ3) is 3.01. The van der Waals surface area contributed by atoms with Gasteiger partial charge in [-0.15, -0.1) is 0 Å². The number of carbonyl (C=O) groups is 1. The van der Waals surface area contributed by atoms with Gasteiger partial charge in [0.25, 0.3) is 0 Å². The molecule has 0 bridgehead atoms. The van der Waals surface area contributed by atoms with Crippen molar-refractivity contribution in [2.45, 2.75) is 13.1 Å². The Balaban J connectivity index is 2.56. The summed E-state index contributed by atoms with van der Waals surface area (Å²) in [7, 11) is 0. The van der Waals surface area contributed by atoms with Crippen LogP contribution in [0.4, 0.5) is 19.0 Å². The molecule has 0 aromatic carbocycles. The highest BCUT2D eigenvalue weighted by Crippen LogP contribution is 2.32. The van der Waals surface area contributed by atoms with E-state index in [-0.39, 0.29) is 22.2 Å². The lowest BCUT2D eigenvalue weighted by Gasteiger charge is -2.11. The van der Waals surface area contributed by atoms with E-state index >= 15 is 0 Å². The molecule has 6 nitrogen and oxygen atoms in total. The molecule has 2 heterocycles. The number of amides is 1. The Morgan fingerprint density at radius 3 is 2.64 bits per heavy atom. The molecule has 0 aliphatic carbocycles. The molecule has 0 radical (unpaired) electrons. The summed E-state index contributed by atoms with van der Waals surface area (Å²) < 4.78 is 38.8. The summed E-state index contributed by atoms with van der Waals surface area (Å²) in [4.78, 5) is 14.8. The molecular formula is C12H7ClF3N5O. The van der Waals surface area contributed by atoms with Crippen LogP contribution in [0.25, 0.3) is 5.82 Å². The second-order valence-electron chi connectivity index (χ2n) is 4.14. The van der Waals surface area contributed by atoms with Crippen LogP contribution in [-0.2, 0) is 11.0 Å². The van der Waals surface area contributed by atoms with Crippen molar-refractivity contribution in [3.05, 3.63) is 34.6 Å². The summed E-state index contributed by atoms with van der Waals surface area (Å²) in [6.45, 7) is 1.21. The van der Waals surface area contributed by atoms with Crippen LogP contribution in [0, 0.1) is 11.3 Å². The normalized spacial score (nSPS) is 11.1. The third-order valence-corrected chi connectivity index (χ3v) is 2.81. The molecule has 22 heavy (non-hydrogen) atoms. The Labute approximate surface area is 127 Å². The van der Waals surface area contributed by atoms with Crippen molar-refractivity contribution in [1.82, 2.24) is 14.8 Å². The molecule has 114 valence electrons. The van der Waals surface area contributed by atoms with E-state index in [1.807, 2.05) is 0 Å². The van der Waals surface area contributed by atoms with Crippen LogP contribution in [0.3, 0.4) is 0 Å². The zero-order valence-electron chi connectivity index (χ0n) is 10.9. The molecule has 2 aromatic rings. The maximum atomic E-state index is 12.6. The van der Waals surface area contributed by atoms with Crippen LogP contribution in [0.15, 0.2) is 18.5 Å². The molecule has 0 saturated carbocycles. The lowest BCUT2D eigenvalue weighted by Crippen LogP contribution is -2.14. The fourth-order valence-corrected chi connectivity index (χ4v) is 1.87. The molecule has 2 aromatic heterocycles. The first-order valence-electron chi connectivity index (χ1n) is 5.73. The van der Waals surface area contributed by atoms with Crippen LogP contribution < -0.4 is 5.32 Å². The van der Waals surface area contributed by atoms with Gasteiger partial charge in [-0.1, -0.05) is 11.6 Å². The number of hydrogen-bond acceptors (Lipinski definition) is 4. The summed E-state index contributed by atoms with van der Waals surface area (Å²) in [6.07, 6.45) is -2.86. The molecule has 0 aliphatic heterocycles. The van der Waals surface area contributed by atoms with E-state index in [1.54, 1.807) is 6.07 Å². The lowest BCUT2D eigenvalue weighted by molar-refractivity contribution is -0.137. The summed E-state index contributed by atoms with van der Waals surface area (Å²) >= 11 is 5.81. The van der Waals surface area contributed by atoms with E-state index < -0.39 is 17.6 Å². The summed E-state index contributed by atoms with van der Waals surface area (Å²) in [6, 6.07) is 2.49. The SMILES string of the molecule is CC(=O)Nc1c(C#N)cnn1-c1ncc(C(F)(F)F)cc1Cl. The Bertz CT molecular complexity index is 778. The van der Waals surface area contributed by atoms with Crippen molar-refractivity contribution in [1.29, 1.82) is 5.26 Å². The second-order valence-corrected chi connectivity index (χ2v) is 4.55. The van der Waals surface area contributed by atoms with Crippen LogP contribution in [0.1, 0.15) is 18.1 Å². The topological polar surface area (TPSA) is 83.6 Å². The molecule has 1 amide bonds. The standard InChI is InChI=1S/C12H7ClF3N5O/c1-6(22)20-10-7(3-17)4-19-21(10)11-9(13)2-8(5-18-11)12(14,15)16/h2,4-5H,1H3,(H,20,22). The number of nitriles is 1. The molecule has 0 unspecified atom stereocenters. The number of carbonyl (C=O) groups excluding carboxylic acids is 1. The van der Waals surface area contributed by atoms with E-state index in [1.165, 1.54) is 6.92 Å². The molecule has 2 rings (SSSR count). The van der Waals surface area contributed by atoms with E-state index in [2.05, 4.69) is 15.4 Å². The Hall–Kier alpha value is -2.60. The second kappa shape index (κ2) is 5.65. The number of pyridine rings is 1. The predicted octanol–water partition coefficient (Wildman–Crippen LogP) is 2.77. The number of rotatable bonds is 2. The minimum absolute atomic E-state index is 0.0213. The third-order valence-electron chi connectivity index (χ3n) is 2.53. The Morgan fingerprint density at radius 1 is 1.45 bits per heavy atom. The first-order valence-corrected chi connectivity index (χ1v) is 6.10. The number of alkyl halides is 3. The number of halogens is 4. The number of nitrogens with one attached hydrogen (secondary N) is 1. The molecule has 0 spiro atoms. The Morgan fingerprint density at radius 2 is 2.14 bits per heavy atom. The average Bonchev–Trinajstić information content (AvgIpc) is 2.79. The molecule has 0 fully saturated rings. The first kappa shape index (κ1) is 15.8.